The Labute approximate surface area is 395 Å². The highest BCUT2D eigenvalue weighted by Crippen LogP contribution is 2.51. The molecule has 0 bridgehead atoms. The van der Waals surface area contributed by atoms with E-state index in [2.05, 4.69) is 180 Å². The average Bonchev–Trinajstić information content (AvgIpc) is 3.32. The van der Waals surface area contributed by atoms with Crippen molar-refractivity contribution in [2.45, 2.75) is 127 Å². The van der Waals surface area contributed by atoms with Crippen LogP contribution in [-0.2, 0) is 0 Å². The van der Waals surface area contributed by atoms with Gasteiger partial charge in [-0.15, -0.1) is 0 Å². The summed E-state index contributed by atoms with van der Waals surface area (Å²) in [7, 11) is 0. The molecule has 0 fully saturated rings. The van der Waals surface area contributed by atoms with Gasteiger partial charge in [0.05, 0.1) is 34.1 Å². The van der Waals surface area contributed by atoms with Crippen LogP contribution >= 0.6 is 35.3 Å². The number of unbranched alkanes of at least 4 members (excludes halogenated alkanes) is 9. The lowest BCUT2D eigenvalue weighted by Crippen LogP contribution is -2.22. The number of hydrogen-bond acceptors (Lipinski definition) is 6. The van der Waals surface area contributed by atoms with Gasteiger partial charge in [0.25, 0.3) is 0 Å². The summed E-state index contributed by atoms with van der Waals surface area (Å²) in [5.74, 6) is 14.2. The van der Waals surface area contributed by atoms with Crippen molar-refractivity contribution < 1.29 is 0 Å². The highest BCUT2D eigenvalue weighted by atomic mass is 32.2. The molecule has 9 rings (SSSR count). The molecule has 0 aliphatic carbocycles. The van der Waals surface area contributed by atoms with E-state index in [1.165, 1.54) is 134 Å². The fourth-order valence-electron chi connectivity index (χ4n) is 8.97. The number of hydrogen-bond donors (Lipinski definition) is 0. The molecule has 6 heteroatoms. The van der Waals surface area contributed by atoms with Crippen LogP contribution in [0.15, 0.2) is 151 Å². The average molecular weight is 894 g/mol. The third-order valence-corrected chi connectivity index (χ3v) is 15.7. The molecule has 0 amide bonds. The number of nitrogens with zero attached hydrogens (tertiary/aromatic N) is 3. The van der Waals surface area contributed by atoms with Gasteiger partial charge in [-0.3, -0.25) is 0 Å². The number of benzene rings is 6. The summed E-state index contributed by atoms with van der Waals surface area (Å²) in [6, 6.07) is 44.8. The summed E-state index contributed by atoms with van der Waals surface area (Å²) < 4.78 is 0. The van der Waals surface area contributed by atoms with Gasteiger partial charge in [-0.05, 0) is 116 Å². The van der Waals surface area contributed by atoms with E-state index in [1.54, 1.807) is 0 Å². The van der Waals surface area contributed by atoms with E-state index >= 15 is 0 Å². The Morgan fingerprint density at radius 3 is 0.906 bits per heavy atom. The standard InChI is InChI=1S/C58H59N3S3/c1-4-7-10-17-36-59-47-20-13-15-22-53(47)62-55-39-43(28-32-49(55)59)24-26-45-30-34-51-57(41-45)64-58-42-46(31-35-52(58)61(51)38-19-12-9-6-3)27-25-44-29-33-50-56(40-44)63-54-23-16-14-21-48(54)60(50)37-18-11-8-5-2/h13-16,20-23,28-35,39-42H,4-12,17-19,36-38H2,1-3H3. The van der Waals surface area contributed by atoms with Gasteiger partial charge in [0.1, 0.15) is 0 Å². The largest absolute Gasteiger partial charge is 0.340 e. The zero-order valence-electron chi connectivity index (χ0n) is 37.7. The first-order chi connectivity index (χ1) is 31.6. The summed E-state index contributed by atoms with van der Waals surface area (Å²) in [5, 5.41) is 0. The van der Waals surface area contributed by atoms with Gasteiger partial charge >= 0.3 is 0 Å². The topological polar surface area (TPSA) is 9.72 Å². The second-order valence-corrected chi connectivity index (χ2v) is 20.4. The van der Waals surface area contributed by atoms with Crippen LogP contribution in [0.2, 0.25) is 0 Å². The molecule has 0 unspecified atom stereocenters. The molecule has 0 saturated heterocycles. The van der Waals surface area contributed by atoms with Crippen LogP contribution in [0.1, 0.15) is 120 Å². The van der Waals surface area contributed by atoms with Crippen molar-refractivity contribution in [1.82, 2.24) is 0 Å². The molecule has 3 aliphatic rings. The molecule has 0 atom stereocenters. The Kier molecular flexibility index (Phi) is 14.6. The summed E-state index contributed by atoms with van der Waals surface area (Å²) >= 11 is 5.58. The van der Waals surface area contributed by atoms with Crippen LogP contribution in [0.5, 0.6) is 0 Å². The smallest absolute Gasteiger partial charge is 0.0553 e. The van der Waals surface area contributed by atoms with Crippen molar-refractivity contribution in [1.29, 1.82) is 0 Å². The van der Waals surface area contributed by atoms with Crippen molar-refractivity contribution in [3.05, 3.63) is 144 Å². The van der Waals surface area contributed by atoms with Crippen LogP contribution < -0.4 is 14.7 Å². The minimum atomic E-state index is 0.994. The number of rotatable bonds is 15. The molecule has 3 aliphatic heterocycles. The molecule has 0 spiro atoms. The number of fused-ring (bicyclic) bond motifs is 6. The summed E-state index contributed by atoms with van der Waals surface area (Å²) in [6.07, 6.45) is 14.9. The second kappa shape index (κ2) is 21.3. The fourth-order valence-corrected chi connectivity index (χ4v) is 12.4. The molecule has 64 heavy (non-hydrogen) atoms. The molecule has 0 radical (unpaired) electrons. The van der Waals surface area contributed by atoms with E-state index < -0.39 is 0 Å². The molecule has 0 N–H and O–H groups in total. The van der Waals surface area contributed by atoms with Crippen molar-refractivity contribution in [3.8, 4) is 23.7 Å². The predicted molar refractivity (Wildman–Crippen MR) is 276 cm³/mol. The van der Waals surface area contributed by atoms with E-state index in [-0.39, 0.29) is 0 Å². The second-order valence-electron chi connectivity index (χ2n) is 17.1. The van der Waals surface area contributed by atoms with Gasteiger partial charge in [0.2, 0.25) is 0 Å². The van der Waals surface area contributed by atoms with Crippen molar-refractivity contribution in [3.63, 3.8) is 0 Å². The molecule has 6 aromatic carbocycles. The lowest BCUT2D eigenvalue weighted by Gasteiger charge is -2.33. The normalized spacial score (nSPS) is 13.0. The lowest BCUT2D eigenvalue weighted by atomic mass is 10.1. The molecule has 0 saturated carbocycles. The van der Waals surface area contributed by atoms with Crippen molar-refractivity contribution >= 4 is 69.4 Å². The molecular weight excluding hydrogens is 835 g/mol. The summed E-state index contributed by atoms with van der Waals surface area (Å²) in [5.41, 5.74) is 12.0. The van der Waals surface area contributed by atoms with E-state index in [4.69, 9.17) is 0 Å². The van der Waals surface area contributed by atoms with E-state index in [0.717, 1.165) is 48.3 Å². The highest BCUT2D eigenvalue weighted by molar-refractivity contribution is 8.00. The minimum absolute atomic E-state index is 0.994. The zero-order valence-corrected chi connectivity index (χ0v) is 40.2. The summed E-state index contributed by atoms with van der Waals surface area (Å²) in [6.45, 7) is 9.91. The first kappa shape index (κ1) is 44.1. The van der Waals surface area contributed by atoms with Crippen molar-refractivity contribution in [2.24, 2.45) is 0 Å². The Morgan fingerprint density at radius 1 is 0.312 bits per heavy atom. The quantitative estimate of drug-likeness (QED) is 0.0745. The van der Waals surface area contributed by atoms with Crippen LogP contribution in [-0.4, -0.2) is 19.6 Å². The number of para-hydroxylation sites is 2. The van der Waals surface area contributed by atoms with Gasteiger partial charge in [-0.1, -0.05) is 162 Å². The van der Waals surface area contributed by atoms with Crippen LogP contribution in [0.4, 0.5) is 34.1 Å². The maximum Gasteiger partial charge on any atom is 0.0553 e. The lowest BCUT2D eigenvalue weighted by molar-refractivity contribution is 0.665. The number of anilines is 6. The Morgan fingerprint density at radius 2 is 0.594 bits per heavy atom. The van der Waals surface area contributed by atoms with Crippen molar-refractivity contribution in [2.75, 3.05) is 34.3 Å². The molecular formula is C58H59N3S3. The monoisotopic (exact) mass is 893 g/mol. The van der Waals surface area contributed by atoms with Gasteiger partial charge in [0.15, 0.2) is 0 Å². The maximum atomic E-state index is 3.56. The first-order valence-electron chi connectivity index (χ1n) is 23.7. The third-order valence-electron chi connectivity index (χ3n) is 12.4. The van der Waals surface area contributed by atoms with Gasteiger partial charge < -0.3 is 14.7 Å². The van der Waals surface area contributed by atoms with Crippen LogP contribution in [0.3, 0.4) is 0 Å². The Hall–Kier alpha value is -5.11. The highest BCUT2D eigenvalue weighted by Gasteiger charge is 2.26. The Balaban J connectivity index is 0.955. The Bertz CT molecular complexity index is 2550. The fraction of sp³-hybridized carbons (Fsp3) is 0.310. The van der Waals surface area contributed by atoms with E-state index in [0.29, 0.717) is 0 Å². The molecule has 3 heterocycles. The maximum absolute atomic E-state index is 3.56. The molecule has 6 aromatic rings. The van der Waals surface area contributed by atoms with Gasteiger partial charge in [-0.25, -0.2) is 0 Å². The van der Waals surface area contributed by atoms with E-state index in [1.807, 2.05) is 35.3 Å². The van der Waals surface area contributed by atoms with E-state index in [9.17, 15) is 0 Å². The van der Waals surface area contributed by atoms with Gasteiger partial charge in [0, 0.05) is 71.3 Å². The predicted octanol–water partition coefficient (Wildman–Crippen LogP) is 17.0. The van der Waals surface area contributed by atoms with Crippen LogP contribution in [0, 0.1) is 23.7 Å². The molecule has 0 aromatic heterocycles. The molecule has 324 valence electrons. The summed E-state index contributed by atoms with van der Waals surface area (Å²) in [4.78, 5) is 15.3. The molecule has 3 nitrogen and oxygen atoms in total. The minimum Gasteiger partial charge on any atom is -0.340 e. The van der Waals surface area contributed by atoms with Gasteiger partial charge in [-0.2, -0.15) is 0 Å². The van der Waals surface area contributed by atoms with Crippen LogP contribution in [0.25, 0.3) is 0 Å². The zero-order chi connectivity index (χ0) is 43.7. The SMILES string of the molecule is CCCCCCN1c2ccccc2Sc2cc(C#Cc3ccc4c(c3)Sc3cc(C#Cc5ccc6c(c5)Sc5ccccc5N6CCCCCC)ccc3N4CCCCCC)ccc21. The third kappa shape index (κ3) is 10.1. The first-order valence-corrected chi connectivity index (χ1v) is 26.2.